The third kappa shape index (κ3) is 6.17. The highest BCUT2D eigenvalue weighted by atomic mass is 35.5. The molecule has 0 aliphatic rings. The summed E-state index contributed by atoms with van der Waals surface area (Å²) >= 11 is 5.86. The summed E-state index contributed by atoms with van der Waals surface area (Å²) < 4.78 is 0. The maximum atomic E-state index is 12.0. The number of amides is 2. The first-order chi connectivity index (χ1) is 12.3. The van der Waals surface area contributed by atoms with Crippen LogP contribution in [0.3, 0.4) is 0 Å². The SMILES string of the molecule is Cc1cccc(NC(=O)CNC(=O)CN(C)Cc2ccc(Cl)cc2)c1C. The first kappa shape index (κ1) is 19.9. The molecule has 0 aliphatic carbocycles. The lowest BCUT2D eigenvalue weighted by Gasteiger charge is -2.16. The molecular weight excluding hydrogens is 350 g/mol. The van der Waals surface area contributed by atoms with Crippen LogP contribution in [0.4, 0.5) is 5.69 Å². The Morgan fingerprint density at radius 2 is 1.73 bits per heavy atom. The van der Waals surface area contributed by atoms with Gasteiger partial charge in [0.25, 0.3) is 0 Å². The predicted octanol–water partition coefficient (Wildman–Crippen LogP) is 3.14. The summed E-state index contributed by atoms with van der Waals surface area (Å²) in [6.45, 7) is 4.72. The summed E-state index contributed by atoms with van der Waals surface area (Å²) in [6, 6.07) is 13.2. The van der Waals surface area contributed by atoms with Crippen molar-refractivity contribution in [2.45, 2.75) is 20.4 Å². The zero-order valence-electron chi connectivity index (χ0n) is 15.3. The average molecular weight is 374 g/mol. The van der Waals surface area contributed by atoms with Gasteiger partial charge in [0.1, 0.15) is 0 Å². The lowest BCUT2D eigenvalue weighted by atomic mass is 10.1. The molecule has 2 rings (SSSR count). The quantitative estimate of drug-likeness (QED) is 0.783. The van der Waals surface area contributed by atoms with Gasteiger partial charge in [0.2, 0.25) is 11.8 Å². The van der Waals surface area contributed by atoms with Gasteiger partial charge in [-0.3, -0.25) is 14.5 Å². The number of rotatable bonds is 7. The molecule has 0 heterocycles. The third-order valence-corrected chi connectivity index (χ3v) is 4.36. The third-order valence-electron chi connectivity index (χ3n) is 4.10. The Morgan fingerprint density at radius 1 is 1.04 bits per heavy atom. The summed E-state index contributed by atoms with van der Waals surface area (Å²) in [7, 11) is 1.85. The second-order valence-electron chi connectivity index (χ2n) is 6.37. The summed E-state index contributed by atoms with van der Waals surface area (Å²) in [4.78, 5) is 25.9. The number of anilines is 1. The maximum Gasteiger partial charge on any atom is 0.243 e. The van der Waals surface area contributed by atoms with Crippen molar-refractivity contribution in [1.29, 1.82) is 0 Å². The molecule has 2 aromatic rings. The molecule has 0 spiro atoms. The summed E-state index contributed by atoms with van der Waals surface area (Å²) in [6.07, 6.45) is 0. The van der Waals surface area contributed by atoms with Gasteiger partial charge in [-0.15, -0.1) is 0 Å². The smallest absolute Gasteiger partial charge is 0.243 e. The number of hydrogen-bond donors (Lipinski definition) is 2. The van der Waals surface area contributed by atoms with Crippen LogP contribution in [-0.4, -0.2) is 36.9 Å². The van der Waals surface area contributed by atoms with Crippen LogP contribution in [0, 0.1) is 13.8 Å². The van der Waals surface area contributed by atoms with E-state index >= 15 is 0 Å². The van der Waals surface area contributed by atoms with E-state index in [0.717, 1.165) is 22.4 Å². The standard InChI is InChI=1S/C20H24ClN3O2/c1-14-5-4-6-18(15(14)2)23-19(25)11-22-20(26)13-24(3)12-16-7-9-17(21)10-8-16/h4-10H,11-13H2,1-3H3,(H,22,26)(H,23,25). The molecule has 0 saturated carbocycles. The minimum atomic E-state index is -0.243. The fraction of sp³-hybridized carbons (Fsp3) is 0.300. The fourth-order valence-electron chi connectivity index (χ4n) is 2.52. The normalized spacial score (nSPS) is 10.7. The molecule has 2 N–H and O–H groups in total. The fourth-order valence-corrected chi connectivity index (χ4v) is 2.64. The minimum Gasteiger partial charge on any atom is -0.346 e. The van der Waals surface area contributed by atoms with Crippen LogP contribution in [0.1, 0.15) is 16.7 Å². The van der Waals surface area contributed by atoms with E-state index in [1.807, 2.05) is 68.3 Å². The lowest BCUT2D eigenvalue weighted by molar-refractivity contribution is -0.124. The molecule has 0 aliphatic heterocycles. The number of nitrogens with one attached hydrogen (secondary N) is 2. The lowest BCUT2D eigenvalue weighted by Crippen LogP contribution is -2.39. The predicted molar refractivity (Wildman–Crippen MR) is 105 cm³/mol. The molecule has 0 unspecified atom stereocenters. The van der Waals surface area contributed by atoms with Crippen molar-refractivity contribution in [3.63, 3.8) is 0 Å². The number of carbonyl (C=O) groups is 2. The van der Waals surface area contributed by atoms with Crippen LogP contribution >= 0.6 is 11.6 Å². The maximum absolute atomic E-state index is 12.0. The summed E-state index contributed by atoms with van der Waals surface area (Å²) in [5.41, 5.74) is 3.96. The van der Waals surface area contributed by atoms with Crippen LogP contribution in [-0.2, 0) is 16.1 Å². The molecule has 138 valence electrons. The highest BCUT2D eigenvalue weighted by molar-refractivity contribution is 6.30. The number of benzene rings is 2. The topological polar surface area (TPSA) is 61.4 Å². The van der Waals surface area contributed by atoms with E-state index in [1.54, 1.807) is 0 Å². The van der Waals surface area contributed by atoms with E-state index in [1.165, 1.54) is 0 Å². The zero-order valence-corrected chi connectivity index (χ0v) is 16.1. The van der Waals surface area contributed by atoms with Crippen molar-refractivity contribution >= 4 is 29.1 Å². The van der Waals surface area contributed by atoms with Gasteiger partial charge in [0.15, 0.2) is 0 Å². The Bertz CT molecular complexity index is 775. The Balaban J connectivity index is 1.76. The monoisotopic (exact) mass is 373 g/mol. The molecule has 0 fully saturated rings. The molecule has 0 radical (unpaired) electrons. The molecule has 2 aromatic carbocycles. The second-order valence-corrected chi connectivity index (χ2v) is 6.81. The van der Waals surface area contributed by atoms with E-state index in [4.69, 9.17) is 11.6 Å². The van der Waals surface area contributed by atoms with Crippen LogP contribution in [0.5, 0.6) is 0 Å². The van der Waals surface area contributed by atoms with Crippen molar-refractivity contribution in [2.24, 2.45) is 0 Å². The number of hydrogen-bond acceptors (Lipinski definition) is 3. The minimum absolute atomic E-state index is 0.0546. The molecular formula is C20H24ClN3O2. The molecule has 0 saturated heterocycles. The van der Waals surface area contributed by atoms with Gasteiger partial charge in [0.05, 0.1) is 13.1 Å². The number of carbonyl (C=O) groups excluding carboxylic acids is 2. The van der Waals surface area contributed by atoms with Crippen molar-refractivity contribution < 1.29 is 9.59 Å². The zero-order chi connectivity index (χ0) is 19.1. The van der Waals surface area contributed by atoms with E-state index < -0.39 is 0 Å². The molecule has 0 aromatic heterocycles. The number of aryl methyl sites for hydroxylation is 1. The van der Waals surface area contributed by atoms with Crippen LogP contribution in [0.25, 0.3) is 0 Å². The Morgan fingerprint density at radius 3 is 2.42 bits per heavy atom. The van der Waals surface area contributed by atoms with Crippen molar-refractivity contribution in [2.75, 3.05) is 25.5 Å². The van der Waals surface area contributed by atoms with E-state index in [-0.39, 0.29) is 24.9 Å². The molecule has 2 amide bonds. The van der Waals surface area contributed by atoms with Gasteiger partial charge < -0.3 is 10.6 Å². The van der Waals surface area contributed by atoms with Gasteiger partial charge in [-0.2, -0.15) is 0 Å². The first-order valence-corrected chi connectivity index (χ1v) is 8.78. The Hall–Kier alpha value is -2.37. The van der Waals surface area contributed by atoms with Crippen LogP contribution < -0.4 is 10.6 Å². The van der Waals surface area contributed by atoms with Crippen molar-refractivity contribution in [1.82, 2.24) is 10.2 Å². The molecule has 0 atom stereocenters. The first-order valence-electron chi connectivity index (χ1n) is 8.41. The summed E-state index contributed by atoms with van der Waals surface area (Å²) in [5.74, 6) is -0.440. The Kier molecular flexibility index (Phi) is 7.18. The van der Waals surface area contributed by atoms with Crippen molar-refractivity contribution in [3.05, 3.63) is 64.2 Å². The number of nitrogens with zero attached hydrogens (tertiary/aromatic N) is 1. The van der Waals surface area contributed by atoms with E-state index in [9.17, 15) is 9.59 Å². The molecule has 26 heavy (non-hydrogen) atoms. The molecule has 0 bridgehead atoms. The van der Waals surface area contributed by atoms with Crippen LogP contribution in [0.15, 0.2) is 42.5 Å². The van der Waals surface area contributed by atoms with Gasteiger partial charge >= 0.3 is 0 Å². The van der Waals surface area contributed by atoms with Gasteiger partial charge in [-0.1, -0.05) is 35.9 Å². The number of halogens is 1. The second kappa shape index (κ2) is 9.36. The molecule has 6 heteroatoms. The van der Waals surface area contributed by atoms with Crippen molar-refractivity contribution in [3.8, 4) is 0 Å². The number of likely N-dealkylation sites (N-methyl/N-ethyl adjacent to an activating group) is 1. The van der Waals surface area contributed by atoms with Gasteiger partial charge in [0, 0.05) is 17.3 Å². The van der Waals surface area contributed by atoms with Gasteiger partial charge in [-0.25, -0.2) is 0 Å². The molecule has 5 nitrogen and oxygen atoms in total. The van der Waals surface area contributed by atoms with Gasteiger partial charge in [-0.05, 0) is 55.8 Å². The highest BCUT2D eigenvalue weighted by Gasteiger charge is 2.10. The highest BCUT2D eigenvalue weighted by Crippen LogP contribution is 2.17. The van der Waals surface area contributed by atoms with E-state index in [0.29, 0.717) is 11.6 Å². The van der Waals surface area contributed by atoms with E-state index in [2.05, 4.69) is 10.6 Å². The Labute approximate surface area is 159 Å². The van der Waals surface area contributed by atoms with Crippen LogP contribution in [0.2, 0.25) is 5.02 Å². The average Bonchev–Trinajstić information content (AvgIpc) is 2.59. The summed E-state index contributed by atoms with van der Waals surface area (Å²) in [5, 5.41) is 6.16. The largest absolute Gasteiger partial charge is 0.346 e.